The molecule has 1 fully saturated rings. The minimum Gasteiger partial charge on any atom is -0.466 e. The minimum absolute atomic E-state index is 0.0410. The van der Waals surface area contributed by atoms with E-state index < -0.39 is 12.0 Å². The van der Waals surface area contributed by atoms with Crippen LogP contribution in [-0.4, -0.2) is 60.9 Å². The summed E-state index contributed by atoms with van der Waals surface area (Å²) in [5, 5.41) is 8.61. The number of hydrogen-bond acceptors (Lipinski definition) is 6. The Balaban J connectivity index is 2.01. The van der Waals surface area contributed by atoms with Crippen molar-refractivity contribution in [1.82, 2.24) is 10.2 Å². The molecular formula is C22H32N4O5. The molecule has 9 nitrogen and oxygen atoms in total. The van der Waals surface area contributed by atoms with E-state index in [1.54, 1.807) is 19.1 Å². The third-order valence-corrected chi connectivity index (χ3v) is 5.13. The van der Waals surface area contributed by atoms with Gasteiger partial charge in [-0.25, -0.2) is 0 Å². The largest absolute Gasteiger partial charge is 0.466 e. The molecule has 1 saturated heterocycles. The van der Waals surface area contributed by atoms with Crippen molar-refractivity contribution in [1.29, 1.82) is 0 Å². The van der Waals surface area contributed by atoms with E-state index in [4.69, 9.17) is 4.74 Å². The summed E-state index contributed by atoms with van der Waals surface area (Å²) in [6.45, 7) is 6.54. The molecule has 0 bridgehead atoms. The molecule has 0 aliphatic carbocycles. The van der Waals surface area contributed by atoms with Gasteiger partial charge >= 0.3 is 5.97 Å². The normalized spacial score (nSPS) is 15.8. The molecule has 0 radical (unpaired) electrons. The van der Waals surface area contributed by atoms with Crippen molar-refractivity contribution in [3.63, 3.8) is 0 Å². The third kappa shape index (κ3) is 6.97. The van der Waals surface area contributed by atoms with E-state index in [1.807, 2.05) is 19.9 Å². The van der Waals surface area contributed by atoms with Crippen molar-refractivity contribution in [2.75, 3.05) is 36.9 Å². The number of unbranched alkanes of at least 4 members (excludes halogenated alkanes) is 1. The zero-order valence-corrected chi connectivity index (χ0v) is 18.5. The van der Waals surface area contributed by atoms with E-state index >= 15 is 0 Å². The molecule has 170 valence electrons. The van der Waals surface area contributed by atoms with Crippen LogP contribution >= 0.6 is 0 Å². The number of amides is 3. The number of hydrogen-bond donors (Lipinski definition) is 3. The second kappa shape index (κ2) is 11.9. The lowest BCUT2D eigenvalue weighted by atomic mass is 10.1. The lowest BCUT2D eigenvalue weighted by Crippen LogP contribution is -2.58. The molecule has 0 spiro atoms. The van der Waals surface area contributed by atoms with E-state index in [0.717, 1.165) is 18.4 Å². The topological polar surface area (TPSA) is 117 Å². The van der Waals surface area contributed by atoms with Gasteiger partial charge < -0.3 is 25.6 Å². The fourth-order valence-corrected chi connectivity index (χ4v) is 3.24. The molecule has 0 saturated carbocycles. The van der Waals surface area contributed by atoms with Crippen LogP contribution in [0.4, 0.5) is 11.4 Å². The SMILES string of the molecule is CCCCOC(=O)CC1C(=O)NCCN1C(=O)CNc1cccc(NC(=O)CC)c1C. The van der Waals surface area contributed by atoms with Gasteiger partial charge in [0.25, 0.3) is 0 Å². The van der Waals surface area contributed by atoms with Gasteiger partial charge in [-0.2, -0.15) is 0 Å². The summed E-state index contributed by atoms with van der Waals surface area (Å²) in [4.78, 5) is 50.3. The highest BCUT2D eigenvalue weighted by Gasteiger charge is 2.35. The third-order valence-electron chi connectivity index (χ3n) is 5.13. The van der Waals surface area contributed by atoms with Crippen molar-refractivity contribution in [2.45, 2.75) is 52.5 Å². The summed E-state index contributed by atoms with van der Waals surface area (Å²) in [7, 11) is 0. The maximum absolute atomic E-state index is 12.9. The van der Waals surface area contributed by atoms with Crippen LogP contribution in [0.25, 0.3) is 0 Å². The van der Waals surface area contributed by atoms with E-state index in [0.29, 0.717) is 37.5 Å². The zero-order chi connectivity index (χ0) is 22.8. The zero-order valence-electron chi connectivity index (χ0n) is 18.5. The molecule has 9 heteroatoms. The summed E-state index contributed by atoms with van der Waals surface area (Å²) in [6.07, 6.45) is 1.86. The number of piperazine rings is 1. The number of carbonyl (C=O) groups is 4. The number of nitrogens with zero attached hydrogens (tertiary/aromatic N) is 1. The van der Waals surface area contributed by atoms with Gasteiger partial charge in [0, 0.05) is 30.9 Å². The number of esters is 1. The van der Waals surface area contributed by atoms with Gasteiger partial charge in [-0.05, 0) is 31.0 Å². The maximum atomic E-state index is 12.9. The molecule has 1 aromatic carbocycles. The summed E-state index contributed by atoms with van der Waals surface area (Å²) in [5.74, 6) is -1.23. The lowest BCUT2D eigenvalue weighted by molar-refractivity contribution is -0.151. The van der Waals surface area contributed by atoms with E-state index in [-0.39, 0.29) is 30.7 Å². The molecule has 2 rings (SSSR count). The standard InChI is InChI=1S/C22H32N4O5/c1-4-6-12-31-21(29)13-18-22(30)23-10-11-26(18)20(28)14-24-16-8-7-9-17(15(16)3)25-19(27)5-2/h7-9,18,24H,4-6,10-14H2,1-3H3,(H,23,30)(H,25,27). The second-order valence-electron chi connectivity index (χ2n) is 7.41. The first-order valence-corrected chi connectivity index (χ1v) is 10.7. The first-order chi connectivity index (χ1) is 14.9. The predicted molar refractivity (Wildman–Crippen MR) is 118 cm³/mol. The number of carbonyl (C=O) groups excluding carboxylic acids is 4. The Hall–Kier alpha value is -3.10. The van der Waals surface area contributed by atoms with Crippen LogP contribution in [0.3, 0.4) is 0 Å². The average molecular weight is 433 g/mol. The van der Waals surface area contributed by atoms with Crippen molar-refractivity contribution >= 4 is 35.1 Å². The van der Waals surface area contributed by atoms with Gasteiger partial charge in [0.1, 0.15) is 6.04 Å². The maximum Gasteiger partial charge on any atom is 0.308 e. The molecule has 3 amide bonds. The highest BCUT2D eigenvalue weighted by atomic mass is 16.5. The Morgan fingerprint density at radius 1 is 1.23 bits per heavy atom. The monoisotopic (exact) mass is 432 g/mol. The van der Waals surface area contributed by atoms with Gasteiger partial charge in [-0.3, -0.25) is 19.2 Å². The van der Waals surface area contributed by atoms with Gasteiger partial charge in [-0.1, -0.05) is 26.3 Å². The fraction of sp³-hybridized carbons (Fsp3) is 0.545. The first-order valence-electron chi connectivity index (χ1n) is 10.7. The molecule has 1 aromatic rings. The molecular weight excluding hydrogens is 400 g/mol. The molecule has 1 unspecified atom stereocenters. The van der Waals surface area contributed by atoms with Crippen LogP contribution in [0, 0.1) is 6.92 Å². The van der Waals surface area contributed by atoms with E-state index in [1.165, 1.54) is 4.90 Å². The van der Waals surface area contributed by atoms with Gasteiger partial charge in [0.2, 0.25) is 17.7 Å². The molecule has 1 atom stereocenters. The summed E-state index contributed by atoms with van der Waals surface area (Å²) in [5.41, 5.74) is 2.19. The van der Waals surface area contributed by atoms with Crippen LogP contribution < -0.4 is 16.0 Å². The summed E-state index contributed by atoms with van der Waals surface area (Å²) >= 11 is 0. The molecule has 31 heavy (non-hydrogen) atoms. The van der Waals surface area contributed by atoms with Gasteiger partial charge in [-0.15, -0.1) is 0 Å². The van der Waals surface area contributed by atoms with Gasteiger partial charge in [0.05, 0.1) is 19.6 Å². The summed E-state index contributed by atoms with van der Waals surface area (Å²) in [6, 6.07) is 4.52. The Labute approximate surface area is 182 Å². The number of benzene rings is 1. The Morgan fingerprint density at radius 2 is 1.97 bits per heavy atom. The quantitative estimate of drug-likeness (QED) is 0.384. The Morgan fingerprint density at radius 3 is 2.68 bits per heavy atom. The first kappa shape index (κ1) is 24.2. The number of rotatable bonds is 10. The Bertz CT molecular complexity index is 811. The fourth-order valence-electron chi connectivity index (χ4n) is 3.24. The number of anilines is 2. The Kier molecular flexibility index (Phi) is 9.30. The molecule has 1 aliphatic rings. The van der Waals surface area contributed by atoms with Crippen LogP contribution in [0.1, 0.15) is 45.1 Å². The van der Waals surface area contributed by atoms with Crippen molar-refractivity contribution in [3.8, 4) is 0 Å². The smallest absolute Gasteiger partial charge is 0.308 e. The van der Waals surface area contributed by atoms with Crippen molar-refractivity contribution in [2.24, 2.45) is 0 Å². The van der Waals surface area contributed by atoms with E-state index in [9.17, 15) is 19.2 Å². The average Bonchev–Trinajstić information content (AvgIpc) is 2.75. The molecule has 1 aliphatic heterocycles. The van der Waals surface area contributed by atoms with Gasteiger partial charge in [0.15, 0.2) is 0 Å². The van der Waals surface area contributed by atoms with Crippen molar-refractivity contribution < 1.29 is 23.9 Å². The number of ether oxygens (including phenoxy) is 1. The lowest BCUT2D eigenvalue weighted by Gasteiger charge is -2.34. The number of nitrogens with one attached hydrogen (secondary N) is 3. The molecule has 0 aromatic heterocycles. The minimum atomic E-state index is -0.881. The van der Waals surface area contributed by atoms with Crippen LogP contribution in [0.5, 0.6) is 0 Å². The second-order valence-corrected chi connectivity index (χ2v) is 7.41. The van der Waals surface area contributed by atoms with Crippen LogP contribution in [-0.2, 0) is 23.9 Å². The molecule has 1 heterocycles. The predicted octanol–water partition coefficient (Wildman–Crippen LogP) is 1.82. The van der Waals surface area contributed by atoms with Crippen molar-refractivity contribution in [3.05, 3.63) is 23.8 Å². The summed E-state index contributed by atoms with van der Waals surface area (Å²) < 4.78 is 5.15. The highest BCUT2D eigenvalue weighted by Crippen LogP contribution is 2.23. The van der Waals surface area contributed by atoms with Crippen LogP contribution in [0.15, 0.2) is 18.2 Å². The van der Waals surface area contributed by atoms with Crippen LogP contribution in [0.2, 0.25) is 0 Å². The molecule has 3 N–H and O–H groups in total. The van der Waals surface area contributed by atoms with E-state index in [2.05, 4.69) is 16.0 Å². The highest BCUT2D eigenvalue weighted by molar-refractivity contribution is 5.94.